The summed E-state index contributed by atoms with van der Waals surface area (Å²) in [6.45, 7) is 0. The van der Waals surface area contributed by atoms with Crippen molar-refractivity contribution in [3.8, 4) is 11.5 Å². The number of benzene rings is 2. The monoisotopic (exact) mass is 414 g/mol. The van der Waals surface area contributed by atoms with Crippen LogP contribution in [-0.2, 0) is 14.6 Å². The molecule has 10 nitrogen and oxygen atoms in total. The van der Waals surface area contributed by atoms with Crippen molar-refractivity contribution in [2.75, 3.05) is 11.6 Å². The molecule has 29 heavy (non-hydrogen) atoms. The van der Waals surface area contributed by atoms with Crippen molar-refractivity contribution < 1.29 is 22.6 Å². The van der Waals surface area contributed by atoms with E-state index in [4.69, 9.17) is 4.42 Å². The van der Waals surface area contributed by atoms with Crippen LogP contribution in [0.4, 0.5) is 11.7 Å². The number of nitrogens with zero attached hydrogens (tertiary/aromatic N) is 3. The van der Waals surface area contributed by atoms with Crippen LogP contribution in [0.1, 0.15) is 5.56 Å². The number of hydrogen-bond acceptors (Lipinski definition) is 8. The third-order valence-corrected chi connectivity index (χ3v) is 4.84. The number of aromatic nitrogens is 2. The first kappa shape index (κ1) is 19.9. The van der Waals surface area contributed by atoms with Gasteiger partial charge in [0.25, 0.3) is 11.6 Å². The first-order valence-electron chi connectivity index (χ1n) is 8.10. The lowest BCUT2D eigenvalue weighted by atomic mass is 10.2. The molecule has 0 atom stereocenters. The molecule has 2 aromatic carbocycles. The number of nitro groups is 1. The number of sulfone groups is 1. The predicted molar refractivity (Wildman–Crippen MR) is 104 cm³/mol. The number of nitrogens with one attached hydrogen (secondary N) is 1. The number of carbonyl (C=O) groups excluding carboxylic acids is 1. The highest BCUT2D eigenvalue weighted by Gasteiger charge is 2.12. The van der Waals surface area contributed by atoms with Gasteiger partial charge in [-0.3, -0.25) is 20.2 Å². The minimum atomic E-state index is -3.31. The van der Waals surface area contributed by atoms with Gasteiger partial charge in [0.15, 0.2) is 9.84 Å². The number of hydrogen-bond donors (Lipinski definition) is 1. The molecule has 1 N–H and O–H groups in total. The lowest BCUT2D eigenvalue weighted by Gasteiger charge is -1.99. The molecule has 0 spiro atoms. The second kappa shape index (κ2) is 8.02. The maximum atomic E-state index is 12.0. The lowest BCUT2D eigenvalue weighted by Crippen LogP contribution is -2.07. The molecule has 1 amide bonds. The predicted octanol–water partition coefficient (Wildman–Crippen LogP) is 2.70. The maximum absolute atomic E-state index is 12.0. The Bertz CT molecular complexity index is 1180. The van der Waals surface area contributed by atoms with Gasteiger partial charge in [-0.05, 0) is 48.0 Å². The highest BCUT2D eigenvalue weighted by Crippen LogP contribution is 2.21. The van der Waals surface area contributed by atoms with Crippen LogP contribution in [0, 0.1) is 10.1 Å². The van der Waals surface area contributed by atoms with Crippen molar-refractivity contribution in [2.45, 2.75) is 4.90 Å². The van der Waals surface area contributed by atoms with Gasteiger partial charge >= 0.3 is 6.01 Å². The Balaban J connectivity index is 1.65. The van der Waals surface area contributed by atoms with Crippen molar-refractivity contribution in [1.82, 2.24) is 10.2 Å². The topological polar surface area (TPSA) is 145 Å². The molecule has 0 aliphatic heterocycles. The summed E-state index contributed by atoms with van der Waals surface area (Å²) in [5.74, 6) is -0.425. The second-order valence-electron chi connectivity index (χ2n) is 5.88. The average Bonchev–Trinajstić information content (AvgIpc) is 3.14. The summed E-state index contributed by atoms with van der Waals surface area (Å²) < 4.78 is 28.3. The normalized spacial score (nSPS) is 11.5. The Morgan fingerprint density at radius 2 is 1.76 bits per heavy atom. The molecule has 0 aliphatic rings. The molecule has 1 aromatic heterocycles. The van der Waals surface area contributed by atoms with E-state index in [-0.39, 0.29) is 22.5 Å². The van der Waals surface area contributed by atoms with Crippen LogP contribution < -0.4 is 5.32 Å². The summed E-state index contributed by atoms with van der Waals surface area (Å²) in [4.78, 5) is 22.2. The fourth-order valence-corrected chi connectivity index (χ4v) is 2.89. The Hall–Kier alpha value is -3.86. The van der Waals surface area contributed by atoms with E-state index in [1.165, 1.54) is 60.7 Å². The molecule has 0 saturated carbocycles. The molecule has 148 valence electrons. The average molecular weight is 414 g/mol. The Kier molecular flexibility index (Phi) is 5.50. The van der Waals surface area contributed by atoms with Gasteiger partial charge in [0.05, 0.1) is 9.82 Å². The van der Waals surface area contributed by atoms with Gasteiger partial charge < -0.3 is 4.42 Å². The van der Waals surface area contributed by atoms with Crippen LogP contribution >= 0.6 is 0 Å². The van der Waals surface area contributed by atoms with E-state index in [1.54, 1.807) is 0 Å². The van der Waals surface area contributed by atoms with Crippen LogP contribution in [-0.4, -0.2) is 35.7 Å². The number of carbonyl (C=O) groups is 1. The van der Waals surface area contributed by atoms with Crippen molar-refractivity contribution in [2.24, 2.45) is 0 Å². The van der Waals surface area contributed by atoms with Gasteiger partial charge in [-0.15, -0.1) is 5.10 Å². The third-order valence-electron chi connectivity index (χ3n) is 3.72. The molecule has 0 saturated heterocycles. The van der Waals surface area contributed by atoms with E-state index < -0.39 is 20.7 Å². The zero-order chi connectivity index (χ0) is 21.0. The minimum Gasteiger partial charge on any atom is -0.403 e. The maximum Gasteiger partial charge on any atom is 0.322 e. The molecule has 0 bridgehead atoms. The molecule has 0 unspecified atom stereocenters. The molecular weight excluding hydrogens is 400 g/mol. The number of nitro benzene ring substituents is 1. The van der Waals surface area contributed by atoms with Crippen molar-refractivity contribution in [1.29, 1.82) is 0 Å². The quantitative estimate of drug-likeness (QED) is 0.368. The van der Waals surface area contributed by atoms with Crippen LogP contribution in [0.5, 0.6) is 0 Å². The van der Waals surface area contributed by atoms with Crippen LogP contribution in [0.2, 0.25) is 0 Å². The van der Waals surface area contributed by atoms with E-state index in [0.29, 0.717) is 11.1 Å². The summed E-state index contributed by atoms with van der Waals surface area (Å²) in [6.07, 6.45) is 3.79. The third kappa shape index (κ3) is 5.11. The lowest BCUT2D eigenvalue weighted by molar-refractivity contribution is -0.384. The number of anilines is 1. The molecule has 0 fully saturated rings. The Labute approximate surface area is 165 Å². The van der Waals surface area contributed by atoms with Gasteiger partial charge in [-0.1, -0.05) is 5.10 Å². The second-order valence-corrected chi connectivity index (χ2v) is 7.90. The zero-order valence-electron chi connectivity index (χ0n) is 15.0. The summed E-state index contributed by atoms with van der Waals surface area (Å²) >= 11 is 0. The largest absolute Gasteiger partial charge is 0.403 e. The van der Waals surface area contributed by atoms with Gasteiger partial charge in [0, 0.05) is 30.0 Å². The number of non-ortho nitro benzene ring substituents is 1. The fraction of sp³-hybridized carbons (Fsp3) is 0.0556. The summed E-state index contributed by atoms with van der Waals surface area (Å²) in [7, 11) is -3.31. The fourth-order valence-electron chi connectivity index (χ4n) is 2.26. The molecule has 0 aliphatic carbocycles. The highest BCUT2D eigenvalue weighted by atomic mass is 32.2. The van der Waals surface area contributed by atoms with Gasteiger partial charge in [0.2, 0.25) is 5.89 Å². The van der Waals surface area contributed by atoms with Crippen LogP contribution in [0.25, 0.3) is 17.5 Å². The summed E-state index contributed by atoms with van der Waals surface area (Å²) in [5.41, 5.74) is 1.05. The summed E-state index contributed by atoms with van der Waals surface area (Å²) in [5, 5.41) is 20.5. The Morgan fingerprint density at radius 1 is 1.10 bits per heavy atom. The van der Waals surface area contributed by atoms with E-state index in [9.17, 15) is 23.3 Å². The van der Waals surface area contributed by atoms with Crippen molar-refractivity contribution in [3.05, 3.63) is 70.3 Å². The van der Waals surface area contributed by atoms with Gasteiger partial charge in [-0.2, -0.15) is 0 Å². The molecule has 3 rings (SSSR count). The van der Waals surface area contributed by atoms with E-state index >= 15 is 0 Å². The SMILES string of the molecule is CS(=O)(=O)c1ccc(-c2nnc(NC(=O)C=Cc3ccc([N+](=O)[O-])cc3)o2)cc1. The molecule has 1 heterocycles. The molecular formula is C18H14N4O6S. The molecule has 3 aromatic rings. The number of amides is 1. The van der Waals surface area contributed by atoms with Gasteiger partial charge in [0.1, 0.15) is 0 Å². The van der Waals surface area contributed by atoms with E-state index in [1.807, 2.05) is 0 Å². The minimum absolute atomic E-state index is 0.0467. The zero-order valence-corrected chi connectivity index (χ0v) is 15.8. The summed E-state index contributed by atoms with van der Waals surface area (Å²) in [6, 6.07) is 11.4. The standard InChI is InChI=1S/C18H14N4O6S/c1-29(26,27)15-9-5-13(6-10-15)17-20-21-18(28-17)19-16(23)11-4-12-2-7-14(8-3-12)22(24)25/h2-11H,1H3,(H,19,21,23). The van der Waals surface area contributed by atoms with Crippen molar-refractivity contribution >= 4 is 33.5 Å². The van der Waals surface area contributed by atoms with E-state index in [2.05, 4.69) is 15.5 Å². The molecule has 0 radical (unpaired) electrons. The Morgan fingerprint density at radius 3 is 2.34 bits per heavy atom. The highest BCUT2D eigenvalue weighted by molar-refractivity contribution is 7.90. The first-order valence-corrected chi connectivity index (χ1v) is 9.99. The van der Waals surface area contributed by atoms with Gasteiger partial charge in [-0.25, -0.2) is 8.42 Å². The number of rotatable bonds is 6. The van der Waals surface area contributed by atoms with Crippen LogP contribution in [0.3, 0.4) is 0 Å². The first-order chi connectivity index (χ1) is 13.7. The smallest absolute Gasteiger partial charge is 0.322 e. The molecule has 11 heteroatoms. The van der Waals surface area contributed by atoms with E-state index in [0.717, 1.165) is 6.26 Å². The van der Waals surface area contributed by atoms with Crippen LogP contribution in [0.15, 0.2) is 63.9 Å². The van der Waals surface area contributed by atoms with Crippen molar-refractivity contribution in [3.63, 3.8) is 0 Å².